The molecule has 0 saturated heterocycles. The molecule has 0 aliphatic rings. The number of nitrogens with zero attached hydrogens (tertiary/aromatic N) is 1. The van der Waals surface area contributed by atoms with Crippen LogP contribution in [0.25, 0.3) is 0 Å². The van der Waals surface area contributed by atoms with Crippen LogP contribution in [0.15, 0.2) is 71.5 Å². The van der Waals surface area contributed by atoms with Gasteiger partial charge in [0.15, 0.2) is 0 Å². The molecule has 1 amide bonds. The third-order valence-electron chi connectivity index (χ3n) is 3.63. The third kappa shape index (κ3) is 5.07. The molecule has 0 spiro atoms. The number of hydrogen-bond donors (Lipinski definition) is 2. The van der Waals surface area contributed by atoms with Crippen LogP contribution in [0.1, 0.15) is 5.56 Å². The Morgan fingerprint density at radius 1 is 1.00 bits per heavy atom. The number of amides is 1. The summed E-state index contributed by atoms with van der Waals surface area (Å²) >= 11 is 3.45. The predicted molar refractivity (Wildman–Crippen MR) is 107 cm³/mol. The Morgan fingerprint density at radius 2 is 1.65 bits per heavy atom. The Labute approximate surface area is 160 Å². The van der Waals surface area contributed by atoms with E-state index in [0.29, 0.717) is 0 Å². The first-order valence-electron chi connectivity index (χ1n) is 8.08. The number of aromatic nitrogens is 1. The summed E-state index contributed by atoms with van der Waals surface area (Å²) in [4.78, 5) is 16.0. The molecule has 0 aliphatic carbocycles. The van der Waals surface area contributed by atoms with Gasteiger partial charge in [0.1, 0.15) is 11.5 Å². The van der Waals surface area contributed by atoms with Gasteiger partial charge in [0.05, 0.1) is 6.54 Å². The second kappa shape index (κ2) is 8.49. The van der Waals surface area contributed by atoms with Crippen molar-refractivity contribution >= 4 is 33.2 Å². The van der Waals surface area contributed by atoms with E-state index in [1.165, 1.54) is 0 Å². The lowest BCUT2D eigenvalue weighted by atomic mass is 10.2. The van der Waals surface area contributed by atoms with Crippen LogP contribution in [0.3, 0.4) is 0 Å². The minimum absolute atomic E-state index is 0.108. The SMILES string of the molecule is Cc1cc(NC(=O)CNc2ccc(Oc3ccncc3)cc2)ccc1Br. The smallest absolute Gasteiger partial charge is 0.243 e. The number of aryl methyl sites for hydroxylation is 1. The van der Waals surface area contributed by atoms with Crippen LogP contribution in [-0.2, 0) is 4.79 Å². The first-order valence-corrected chi connectivity index (χ1v) is 8.87. The Bertz CT molecular complexity index is 883. The normalized spacial score (nSPS) is 10.2. The number of hydrogen-bond acceptors (Lipinski definition) is 4. The van der Waals surface area contributed by atoms with Crippen molar-refractivity contribution in [3.63, 3.8) is 0 Å². The monoisotopic (exact) mass is 411 g/mol. The largest absolute Gasteiger partial charge is 0.457 e. The van der Waals surface area contributed by atoms with Gasteiger partial charge in [0.25, 0.3) is 0 Å². The maximum absolute atomic E-state index is 12.1. The summed E-state index contributed by atoms with van der Waals surface area (Å²) in [6.45, 7) is 2.16. The van der Waals surface area contributed by atoms with Crippen LogP contribution < -0.4 is 15.4 Å². The maximum Gasteiger partial charge on any atom is 0.243 e. The lowest BCUT2D eigenvalue weighted by molar-refractivity contribution is -0.114. The number of ether oxygens (including phenoxy) is 1. The quantitative estimate of drug-likeness (QED) is 0.599. The highest BCUT2D eigenvalue weighted by atomic mass is 79.9. The summed E-state index contributed by atoms with van der Waals surface area (Å²) in [5.41, 5.74) is 2.69. The zero-order valence-corrected chi connectivity index (χ0v) is 15.8. The molecule has 1 aromatic heterocycles. The number of pyridine rings is 1. The van der Waals surface area contributed by atoms with Crippen LogP contribution in [-0.4, -0.2) is 17.4 Å². The molecular formula is C20H18BrN3O2. The van der Waals surface area contributed by atoms with E-state index in [0.717, 1.165) is 32.9 Å². The van der Waals surface area contributed by atoms with Crippen molar-refractivity contribution in [1.82, 2.24) is 4.98 Å². The molecule has 132 valence electrons. The molecular weight excluding hydrogens is 394 g/mol. The molecule has 0 unspecified atom stereocenters. The first kappa shape index (κ1) is 17.9. The summed E-state index contributed by atoms with van der Waals surface area (Å²) in [6, 6.07) is 16.7. The van der Waals surface area contributed by atoms with E-state index in [2.05, 4.69) is 31.5 Å². The van der Waals surface area contributed by atoms with E-state index in [1.54, 1.807) is 24.5 Å². The number of halogens is 1. The molecule has 2 aromatic carbocycles. The van der Waals surface area contributed by atoms with Gasteiger partial charge < -0.3 is 15.4 Å². The third-order valence-corrected chi connectivity index (χ3v) is 4.52. The van der Waals surface area contributed by atoms with E-state index in [-0.39, 0.29) is 12.5 Å². The summed E-state index contributed by atoms with van der Waals surface area (Å²) < 4.78 is 6.72. The van der Waals surface area contributed by atoms with Gasteiger partial charge >= 0.3 is 0 Å². The highest BCUT2D eigenvalue weighted by Gasteiger charge is 2.04. The number of nitrogens with one attached hydrogen (secondary N) is 2. The molecule has 3 aromatic rings. The fourth-order valence-electron chi connectivity index (χ4n) is 2.29. The van der Waals surface area contributed by atoms with Crippen LogP contribution in [0.4, 0.5) is 11.4 Å². The standard InChI is InChI=1S/C20H18BrN3O2/c1-14-12-16(4-7-19(14)21)24-20(25)13-23-15-2-5-17(6-3-15)26-18-8-10-22-11-9-18/h2-12,23H,13H2,1H3,(H,24,25). The van der Waals surface area contributed by atoms with E-state index >= 15 is 0 Å². The minimum Gasteiger partial charge on any atom is -0.457 e. The number of benzene rings is 2. The molecule has 0 atom stereocenters. The number of carbonyl (C=O) groups excluding carboxylic acids is 1. The van der Waals surface area contributed by atoms with Crippen molar-refractivity contribution in [1.29, 1.82) is 0 Å². The molecule has 0 saturated carbocycles. The van der Waals surface area contributed by atoms with Gasteiger partial charge in [0, 0.05) is 28.2 Å². The minimum atomic E-state index is -0.108. The zero-order valence-electron chi connectivity index (χ0n) is 14.2. The fraction of sp³-hybridized carbons (Fsp3) is 0.100. The number of carbonyl (C=O) groups is 1. The Balaban J connectivity index is 1.51. The van der Waals surface area contributed by atoms with Gasteiger partial charge in [-0.3, -0.25) is 9.78 Å². The van der Waals surface area contributed by atoms with Crippen molar-refractivity contribution in [2.75, 3.05) is 17.2 Å². The van der Waals surface area contributed by atoms with Crippen LogP contribution in [0.5, 0.6) is 11.5 Å². The van der Waals surface area contributed by atoms with Gasteiger partial charge in [0.2, 0.25) is 5.91 Å². The molecule has 6 heteroatoms. The molecule has 0 aliphatic heterocycles. The zero-order chi connectivity index (χ0) is 18.4. The lowest BCUT2D eigenvalue weighted by Crippen LogP contribution is -2.21. The summed E-state index contributed by atoms with van der Waals surface area (Å²) in [5.74, 6) is 1.34. The molecule has 2 N–H and O–H groups in total. The van der Waals surface area contributed by atoms with Gasteiger partial charge in [-0.05, 0) is 67.1 Å². The van der Waals surface area contributed by atoms with Crippen molar-refractivity contribution in [2.45, 2.75) is 6.92 Å². The maximum atomic E-state index is 12.1. The van der Waals surface area contributed by atoms with Crippen molar-refractivity contribution < 1.29 is 9.53 Å². The van der Waals surface area contributed by atoms with E-state index in [9.17, 15) is 4.79 Å². The van der Waals surface area contributed by atoms with Crippen molar-refractivity contribution in [2.24, 2.45) is 0 Å². The molecule has 0 fully saturated rings. The van der Waals surface area contributed by atoms with E-state index in [4.69, 9.17) is 4.74 Å². The highest BCUT2D eigenvalue weighted by molar-refractivity contribution is 9.10. The Hall–Kier alpha value is -2.86. The van der Waals surface area contributed by atoms with Gasteiger partial charge in [-0.1, -0.05) is 15.9 Å². The van der Waals surface area contributed by atoms with Crippen LogP contribution in [0, 0.1) is 6.92 Å². The second-order valence-corrected chi connectivity index (χ2v) is 6.53. The average Bonchev–Trinajstić information content (AvgIpc) is 2.65. The van der Waals surface area contributed by atoms with Crippen molar-refractivity contribution in [3.05, 3.63) is 77.0 Å². The predicted octanol–water partition coefficient (Wildman–Crippen LogP) is 5.00. The topological polar surface area (TPSA) is 63.2 Å². The van der Waals surface area contributed by atoms with E-state index in [1.807, 2.05) is 49.4 Å². The first-order chi connectivity index (χ1) is 12.6. The van der Waals surface area contributed by atoms with Gasteiger partial charge in [-0.2, -0.15) is 0 Å². The van der Waals surface area contributed by atoms with E-state index < -0.39 is 0 Å². The summed E-state index contributed by atoms with van der Waals surface area (Å²) in [7, 11) is 0. The fourth-order valence-corrected chi connectivity index (χ4v) is 2.54. The summed E-state index contributed by atoms with van der Waals surface area (Å²) in [6.07, 6.45) is 3.35. The Morgan fingerprint density at radius 3 is 2.35 bits per heavy atom. The average molecular weight is 412 g/mol. The highest BCUT2D eigenvalue weighted by Crippen LogP contribution is 2.22. The molecule has 26 heavy (non-hydrogen) atoms. The lowest BCUT2D eigenvalue weighted by Gasteiger charge is -2.10. The Kier molecular flexibility index (Phi) is 5.86. The van der Waals surface area contributed by atoms with Gasteiger partial charge in [-0.15, -0.1) is 0 Å². The molecule has 0 bridgehead atoms. The van der Waals surface area contributed by atoms with Crippen LogP contribution >= 0.6 is 15.9 Å². The number of anilines is 2. The van der Waals surface area contributed by atoms with Crippen LogP contribution in [0.2, 0.25) is 0 Å². The molecule has 1 heterocycles. The molecule has 5 nitrogen and oxygen atoms in total. The second-order valence-electron chi connectivity index (χ2n) is 5.68. The summed E-state index contributed by atoms with van der Waals surface area (Å²) in [5, 5.41) is 5.97. The van der Waals surface area contributed by atoms with Gasteiger partial charge in [-0.25, -0.2) is 0 Å². The van der Waals surface area contributed by atoms with Crippen molar-refractivity contribution in [3.8, 4) is 11.5 Å². The molecule has 3 rings (SSSR count). The molecule has 0 radical (unpaired) electrons. The number of rotatable bonds is 6.